The van der Waals surface area contributed by atoms with Gasteiger partial charge in [-0.25, -0.2) is 9.59 Å². The number of fused-ring (bicyclic) bond motifs is 1. The Morgan fingerprint density at radius 2 is 1.90 bits per heavy atom. The van der Waals surface area contributed by atoms with E-state index in [2.05, 4.69) is 10.2 Å². The summed E-state index contributed by atoms with van der Waals surface area (Å²) < 4.78 is 43.4. The number of likely N-dealkylation sites (tertiary alicyclic amines) is 1. The van der Waals surface area contributed by atoms with Gasteiger partial charge in [0.1, 0.15) is 0 Å². The molecule has 0 unspecified atom stereocenters. The molecule has 1 aromatic rings. The molecule has 2 saturated heterocycles. The van der Waals surface area contributed by atoms with Crippen molar-refractivity contribution in [2.45, 2.75) is 24.9 Å². The van der Waals surface area contributed by atoms with Crippen molar-refractivity contribution in [1.29, 1.82) is 0 Å². The molecule has 0 spiro atoms. The number of hydrogen-bond acceptors (Lipinski definition) is 5. The Morgan fingerprint density at radius 1 is 1.26 bits per heavy atom. The van der Waals surface area contributed by atoms with Crippen molar-refractivity contribution in [3.63, 3.8) is 0 Å². The van der Waals surface area contributed by atoms with E-state index in [1.165, 1.54) is 0 Å². The number of benzene rings is 1. The first-order valence-electron chi connectivity index (χ1n) is 9.82. The van der Waals surface area contributed by atoms with Crippen LogP contribution in [0.4, 0.5) is 18.0 Å². The van der Waals surface area contributed by atoms with Crippen molar-refractivity contribution < 1.29 is 37.3 Å². The summed E-state index contributed by atoms with van der Waals surface area (Å²) >= 11 is 0. The van der Waals surface area contributed by atoms with Crippen LogP contribution in [0.15, 0.2) is 30.3 Å². The Kier molecular flexibility index (Phi) is 9.08. The zero-order valence-corrected chi connectivity index (χ0v) is 17.5. The SMILES string of the molecule is CN(C)CCO[C@H]1CN(C(=O)NCc2ccccc2)[C@@H]2COC[C@H]12.O=C(O)C(F)(F)F. The van der Waals surface area contributed by atoms with Crippen molar-refractivity contribution in [2.24, 2.45) is 5.92 Å². The minimum Gasteiger partial charge on any atom is -0.475 e. The summed E-state index contributed by atoms with van der Waals surface area (Å²) in [5.74, 6) is -2.47. The highest BCUT2D eigenvalue weighted by Gasteiger charge is 2.47. The predicted octanol–water partition coefficient (Wildman–Crippen LogP) is 1.81. The molecule has 174 valence electrons. The van der Waals surface area contributed by atoms with E-state index in [9.17, 15) is 18.0 Å². The maximum Gasteiger partial charge on any atom is 0.490 e. The molecular formula is C20H28F3N3O5. The van der Waals surface area contributed by atoms with E-state index in [-0.39, 0.29) is 24.1 Å². The molecule has 0 bridgehead atoms. The number of hydrogen-bond donors (Lipinski definition) is 2. The van der Waals surface area contributed by atoms with E-state index in [0.717, 1.165) is 12.1 Å². The van der Waals surface area contributed by atoms with Crippen LogP contribution in [0, 0.1) is 5.92 Å². The van der Waals surface area contributed by atoms with E-state index >= 15 is 0 Å². The third-order valence-corrected chi connectivity index (χ3v) is 5.01. The smallest absolute Gasteiger partial charge is 0.475 e. The largest absolute Gasteiger partial charge is 0.490 e. The van der Waals surface area contributed by atoms with Crippen LogP contribution in [-0.4, -0.2) is 92.2 Å². The Hall–Kier alpha value is -2.37. The van der Waals surface area contributed by atoms with Gasteiger partial charge in [-0.2, -0.15) is 13.2 Å². The summed E-state index contributed by atoms with van der Waals surface area (Å²) in [7, 11) is 4.06. The van der Waals surface area contributed by atoms with Gasteiger partial charge < -0.3 is 29.7 Å². The molecule has 1 aromatic carbocycles. The van der Waals surface area contributed by atoms with E-state index < -0.39 is 12.1 Å². The highest BCUT2D eigenvalue weighted by molar-refractivity contribution is 5.75. The lowest BCUT2D eigenvalue weighted by Gasteiger charge is -2.23. The van der Waals surface area contributed by atoms with Gasteiger partial charge in [0.25, 0.3) is 0 Å². The number of carboxylic acids is 1. The molecule has 11 heteroatoms. The summed E-state index contributed by atoms with van der Waals surface area (Å²) in [6.45, 7) is 4.04. The molecule has 8 nitrogen and oxygen atoms in total. The number of carbonyl (C=O) groups is 2. The molecule has 2 fully saturated rings. The van der Waals surface area contributed by atoms with Crippen LogP contribution in [0.2, 0.25) is 0 Å². The Morgan fingerprint density at radius 3 is 2.48 bits per heavy atom. The maximum absolute atomic E-state index is 12.6. The zero-order chi connectivity index (χ0) is 23.0. The van der Waals surface area contributed by atoms with Crippen LogP contribution in [0.1, 0.15) is 5.56 Å². The second kappa shape index (κ2) is 11.3. The fourth-order valence-electron chi connectivity index (χ4n) is 3.37. The fraction of sp³-hybridized carbons (Fsp3) is 0.600. The van der Waals surface area contributed by atoms with Crippen LogP contribution >= 0.6 is 0 Å². The predicted molar refractivity (Wildman–Crippen MR) is 105 cm³/mol. The number of aliphatic carboxylic acids is 1. The quantitative estimate of drug-likeness (QED) is 0.691. The Bertz CT molecular complexity index is 718. The number of carboxylic acid groups (broad SMARTS) is 1. The van der Waals surface area contributed by atoms with Crippen molar-refractivity contribution in [1.82, 2.24) is 15.1 Å². The molecule has 3 atom stereocenters. The number of nitrogens with one attached hydrogen (secondary N) is 1. The molecule has 0 saturated carbocycles. The number of nitrogens with zero attached hydrogens (tertiary/aromatic N) is 2. The highest BCUT2D eigenvalue weighted by Crippen LogP contribution is 2.32. The number of amides is 2. The van der Waals surface area contributed by atoms with Crippen LogP contribution in [0.5, 0.6) is 0 Å². The van der Waals surface area contributed by atoms with Crippen molar-refractivity contribution in [2.75, 3.05) is 47.0 Å². The number of rotatable bonds is 6. The van der Waals surface area contributed by atoms with Gasteiger partial charge in [0.05, 0.1) is 32.0 Å². The highest BCUT2D eigenvalue weighted by atomic mass is 19.4. The average molecular weight is 447 g/mol. The topological polar surface area (TPSA) is 91.3 Å². The van der Waals surface area contributed by atoms with Gasteiger partial charge in [0.2, 0.25) is 0 Å². The van der Waals surface area contributed by atoms with Gasteiger partial charge in [-0.1, -0.05) is 30.3 Å². The first kappa shape index (κ1) is 24.9. The minimum atomic E-state index is -5.08. The molecule has 2 aliphatic heterocycles. The van der Waals surface area contributed by atoms with Gasteiger partial charge in [-0.15, -0.1) is 0 Å². The van der Waals surface area contributed by atoms with Crippen molar-refractivity contribution >= 4 is 12.0 Å². The monoisotopic (exact) mass is 447 g/mol. The molecule has 0 aromatic heterocycles. The summed E-state index contributed by atoms with van der Waals surface area (Å²) in [6.07, 6.45) is -5.01. The van der Waals surface area contributed by atoms with Crippen LogP contribution in [-0.2, 0) is 20.8 Å². The summed E-state index contributed by atoms with van der Waals surface area (Å²) in [6, 6.07) is 10.1. The molecule has 2 N–H and O–H groups in total. The Balaban J connectivity index is 0.000000423. The molecule has 31 heavy (non-hydrogen) atoms. The van der Waals surface area contributed by atoms with Crippen molar-refractivity contribution in [3.8, 4) is 0 Å². The van der Waals surface area contributed by atoms with E-state index in [0.29, 0.717) is 32.9 Å². The maximum atomic E-state index is 12.6. The lowest BCUT2D eigenvalue weighted by Crippen LogP contribution is -2.44. The lowest BCUT2D eigenvalue weighted by atomic mass is 10.0. The summed E-state index contributed by atoms with van der Waals surface area (Å²) in [4.78, 5) is 25.5. The first-order valence-corrected chi connectivity index (χ1v) is 9.82. The molecule has 3 rings (SSSR count). The molecule has 2 amide bonds. The molecule has 0 aliphatic carbocycles. The lowest BCUT2D eigenvalue weighted by molar-refractivity contribution is -0.192. The van der Waals surface area contributed by atoms with Crippen molar-refractivity contribution in [3.05, 3.63) is 35.9 Å². The zero-order valence-electron chi connectivity index (χ0n) is 17.5. The number of alkyl halides is 3. The minimum absolute atomic E-state index is 0.0296. The fourth-order valence-corrected chi connectivity index (χ4v) is 3.37. The van der Waals surface area contributed by atoms with Gasteiger partial charge >= 0.3 is 18.2 Å². The molecule has 0 radical (unpaired) electrons. The summed E-state index contributed by atoms with van der Waals surface area (Å²) in [5, 5.41) is 10.1. The average Bonchev–Trinajstić information content (AvgIpc) is 3.30. The Labute approximate surface area is 178 Å². The van der Waals surface area contributed by atoms with Crippen LogP contribution in [0.25, 0.3) is 0 Å². The molecule has 2 heterocycles. The third-order valence-electron chi connectivity index (χ3n) is 5.01. The summed E-state index contributed by atoms with van der Waals surface area (Å²) in [5.41, 5.74) is 1.10. The van der Waals surface area contributed by atoms with E-state index in [1.807, 2.05) is 49.3 Å². The second-order valence-electron chi connectivity index (χ2n) is 7.58. The number of halogens is 3. The standard InChI is InChI=1S/C18H27N3O3.C2HF3O2/c1-20(2)8-9-24-17-11-21(16-13-23-12-15(16)17)18(22)19-10-14-6-4-3-5-7-14;3-2(4,5)1(6)7/h3-7,15-17H,8-13H2,1-2H3,(H,19,22);(H,6,7)/t15-,16+,17-;/m0./s1. The molecule has 2 aliphatic rings. The number of ether oxygens (including phenoxy) is 2. The van der Waals surface area contributed by atoms with Gasteiger partial charge in [0, 0.05) is 25.6 Å². The van der Waals surface area contributed by atoms with E-state index in [1.54, 1.807) is 0 Å². The van der Waals surface area contributed by atoms with Gasteiger partial charge in [-0.05, 0) is 19.7 Å². The van der Waals surface area contributed by atoms with Gasteiger partial charge in [0.15, 0.2) is 0 Å². The van der Waals surface area contributed by atoms with Crippen LogP contribution < -0.4 is 5.32 Å². The van der Waals surface area contributed by atoms with Gasteiger partial charge in [-0.3, -0.25) is 0 Å². The number of likely N-dealkylation sites (N-methyl/N-ethyl adjacent to an activating group) is 1. The molecular weight excluding hydrogens is 419 g/mol. The second-order valence-corrected chi connectivity index (χ2v) is 7.58. The first-order chi connectivity index (χ1) is 14.6. The normalized spacial score (nSPS) is 22.6. The number of urea groups is 1. The van der Waals surface area contributed by atoms with Crippen LogP contribution in [0.3, 0.4) is 0 Å². The third kappa shape index (κ3) is 7.67. The number of carbonyl (C=O) groups excluding carboxylic acids is 1. The van der Waals surface area contributed by atoms with E-state index in [4.69, 9.17) is 19.4 Å².